The number of halogens is 1. The summed E-state index contributed by atoms with van der Waals surface area (Å²) >= 11 is 0. The zero-order chi connectivity index (χ0) is 14.8. The molecule has 0 saturated heterocycles. The Morgan fingerprint density at radius 3 is 2.60 bits per heavy atom. The molecule has 3 N–H and O–H groups in total. The summed E-state index contributed by atoms with van der Waals surface area (Å²) in [5, 5.41) is 8.76. The van der Waals surface area contributed by atoms with Crippen LogP contribution in [0.25, 0.3) is 0 Å². The second kappa shape index (κ2) is 5.19. The van der Waals surface area contributed by atoms with Crippen molar-refractivity contribution in [1.29, 1.82) is 5.26 Å². The molecule has 0 atom stereocenters. The maximum Gasteiger partial charge on any atom is 0.261 e. The molecule has 0 aliphatic rings. The summed E-state index contributed by atoms with van der Waals surface area (Å²) < 4.78 is 39.7. The van der Waals surface area contributed by atoms with Crippen molar-refractivity contribution in [2.75, 3.05) is 10.5 Å². The molecule has 20 heavy (non-hydrogen) atoms. The SMILES string of the molecule is N#Cc1cccc(S(=O)(=O)Nc2ccc(N)c(F)c2)c1. The van der Waals surface area contributed by atoms with Gasteiger partial charge in [0.15, 0.2) is 0 Å². The van der Waals surface area contributed by atoms with Crippen LogP contribution in [-0.2, 0) is 10.0 Å². The first-order valence-electron chi connectivity index (χ1n) is 5.50. The van der Waals surface area contributed by atoms with Crippen LogP contribution in [0.5, 0.6) is 0 Å². The minimum absolute atomic E-state index is 0.0547. The summed E-state index contributed by atoms with van der Waals surface area (Å²) in [5.41, 5.74) is 5.52. The average molecular weight is 291 g/mol. The van der Waals surface area contributed by atoms with Gasteiger partial charge in [0, 0.05) is 6.07 Å². The van der Waals surface area contributed by atoms with Crippen molar-refractivity contribution in [3.63, 3.8) is 0 Å². The van der Waals surface area contributed by atoms with E-state index in [1.165, 1.54) is 36.4 Å². The first-order valence-corrected chi connectivity index (χ1v) is 6.99. The van der Waals surface area contributed by atoms with Crippen molar-refractivity contribution in [2.24, 2.45) is 0 Å². The first-order chi connectivity index (χ1) is 9.42. The summed E-state index contributed by atoms with van der Waals surface area (Å²) in [5.74, 6) is -0.712. The molecule has 0 unspecified atom stereocenters. The Morgan fingerprint density at radius 1 is 1.20 bits per heavy atom. The van der Waals surface area contributed by atoms with Crippen LogP contribution in [0.1, 0.15) is 5.56 Å². The highest BCUT2D eigenvalue weighted by molar-refractivity contribution is 7.92. The van der Waals surface area contributed by atoms with E-state index in [0.29, 0.717) is 0 Å². The van der Waals surface area contributed by atoms with E-state index >= 15 is 0 Å². The number of hydrogen-bond donors (Lipinski definition) is 2. The van der Waals surface area contributed by atoms with Crippen LogP contribution in [0.3, 0.4) is 0 Å². The second-order valence-corrected chi connectivity index (χ2v) is 5.66. The summed E-state index contributed by atoms with van der Waals surface area (Å²) in [4.78, 5) is -0.0752. The number of nitrogens with one attached hydrogen (secondary N) is 1. The molecule has 5 nitrogen and oxygen atoms in total. The third kappa shape index (κ3) is 2.87. The fourth-order valence-electron chi connectivity index (χ4n) is 1.54. The number of nitrogens with two attached hydrogens (primary N) is 1. The Morgan fingerprint density at radius 2 is 1.95 bits per heavy atom. The number of rotatable bonds is 3. The molecule has 0 fully saturated rings. The van der Waals surface area contributed by atoms with E-state index in [0.717, 1.165) is 6.07 Å². The van der Waals surface area contributed by atoms with Gasteiger partial charge < -0.3 is 5.73 Å². The third-order valence-electron chi connectivity index (χ3n) is 2.53. The predicted octanol–water partition coefficient (Wildman–Crippen LogP) is 2.08. The molecule has 7 heteroatoms. The smallest absolute Gasteiger partial charge is 0.261 e. The zero-order valence-electron chi connectivity index (χ0n) is 10.2. The Labute approximate surface area is 115 Å². The van der Waals surface area contributed by atoms with Gasteiger partial charge in [-0.2, -0.15) is 5.26 Å². The minimum Gasteiger partial charge on any atom is -0.396 e. The fourth-order valence-corrected chi connectivity index (χ4v) is 2.63. The highest BCUT2D eigenvalue weighted by atomic mass is 32.2. The van der Waals surface area contributed by atoms with Gasteiger partial charge in [0.25, 0.3) is 10.0 Å². The fraction of sp³-hybridized carbons (Fsp3) is 0. The number of sulfonamides is 1. The molecular weight excluding hydrogens is 281 g/mol. The molecule has 0 aliphatic carbocycles. The highest BCUT2D eigenvalue weighted by Gasteiger charge is 2.15. The van der Waals surface area contributed by atoms with Crippen LogP contribution in [0, 0.1) is 17.1 Å². The van der Waals surface area contributed by atoms with Gasteiger partial charge >= 0.3 is 0 Å². The quantitative estimate of drug-likeness (QED) is 0.846. The molecule has 0 saturated carbocycles. The van der Waals surface area contributed by atoms with Gasteiger partial charge in [0.2, 0.25) is 0 Å². The van der Waals surface area contributed by atoms with Crippen molar-refractivity contribution >= 4 is 21.4 Å². The molecule has 2 rings (SSSR count). The van der Waals surface area contributed by atoms with E-state index in [1.807, 2.05) is 6.07 Å². The van der Waals surface area contributed by atoms with Crippen LogP contribution >= 0.6 is 0 Å². The van der Waals surface area contributed by atoms with Crippen molar-refractivity contribution in [3.05, 3.63) is 53.8 Å². The lowest BCUT2D eigenvalue weighted by molar-refractivity contribution is 0.601. The zero-order valence-corrected chi connectivity index (χ0v) is 11.0. The average Bonchev–Trinajstić information content (AvgIpc) is 2.43. The molecule has 0 radical (unpaired) electrons. The van der Waals surface area contributed by atoms with Crippen LogP contribution in [0.15, 0.2) is 47.4 Å². The Bertz CT molecular complexity index is 798. The number of anilines is 2. The summed E-state index contributed by atoms with van der Waals surface area (Å²) in [6, 6.07) is 11.0. The Kier molecular flexibility index (Phi) is 3.59. The van der Waals surface area contributed by atoms with Gasteiger partial charge in [-0.05, 0) is 30.3 Å². The number of hydrogen-bond acceptors (Lipinski definition) is 4. The van der Waals surface area contributed by atoms with Crippen LogP contribution in [0.4, 0.5) is 15.8 Å². The third-order valence-corrected chi connectivity index (χ3v) is 3.91. The van der Waals surface area contributed by atoms with Crippen molar-refractivity contribution in [3.8, 4) is 6.07 Å². The van der Waals surface area contributed by atoms with Crippen LogP contribution < -0.4 is 10.5 Å². The maximum absolute atomic E-state index is 13.3. The number of nitriles is 1. The molecular formula is C13H10FN3O2S. The molecule has 0 bridgehead atoms. The van der Waals surface area contributed by atoms with Crippen molar-refractivity contribution < 1.29 is 12.8 Å². The van der Waals surface area contributed by atoms with Crippen LogP contribution in [-0.4, -0.2) is 8.42 Å². The molecule has 102 valence electrons. The molecule has 2 aromatic rings. The van der Waals surface area contributed by atoms with Crippen molar-refractivity contribution in [1.82, 2.24) is 0 Å². The molecule has 0 aromatic heterocycles. The van der Waals surface area contributed by atoms with Crippen LogP contribution in [0.2, 0.25) is 0 Å². The summed E-state index contributed by atoms with van der Waals surface area (Å²) in [6.45, 7) is 0. The lowest BCUT2D eigenvalue weighted by atomic mass is 10.2. The highest BCUT2D eigenvalue weighted by Crippen LogP contribution is 2.20. The molecule has 2 aromatic carbocycles. The van der Waals surface area contributed by atoms with Gasteiger partial charge in [-0.15, -0.1) is 0 Å². The number of benzene rings is 2. The first kappa shape index (κ1) is 13.8. The van der Waals surface area contributed by atoms with Gasteiger partial charge in [0.05, 0.1) is 27.9 Å². The van der Waals surface area contributed by atoms with E-state index < -0.39 is 15.8 Å². The lowest BCUT2D eigenvalue weighted by Crippen LogP contribution is -2.13. The van der Waals surface area contributed by atoms with E-state index in [2.05, 4.69) is 4.72 Å². The van der Waals surface area contributed by atoms with Crippen molar-refractivity contribution in [2.45, 2.75) is 4.90 Å². The largest absolute Gasteiger partial charge is 0.396 e. The van der Waals surface area contributed by atoms with E-state index in [1.54, 1.807) is 0 Å². The molecule has 0 spiro atoms. The van der Waals surface area contributed by atoms with Gasteiger partial charge in [-0.1, -0.05) is 6.07 Å². The maximum atomic E-state index is 13.3. The monoisotopic (exact) mass is 291 g/mol. The molecule has 0 aliphatic heterocycles. The second-order valence-electron chi connectivity index (χ2n) is 3.98. The molecule has 0 amide bonds. The number of nitrogens with zero attached hydrogens (tertiary/aromatic N) is 1. The number of nitrogen functional groups attached to an aromatic ring is 1. The van der Waals surface area contributed by atoms with Gasteiger partial charge in [-0.3, -0.25) is 4.72 Å². The van der Waals surface area contributed by atoms with E-state index in [4.69, 9.17) is 11.0 Å². The summed E-state index contributed by atoms with van der Waals surface area (Å²) in [6.07, 6.45) is 0. The van der Waals surface area contributed by atoms with E-state index in [-0.39, 0.29) is 21.8 Å². The minimum atomic E-state index is -3.88. The van der Waals surface area contributed by atoms with E-state index in [9.17, 15) is 12.8 Å². The lowest BCUT2D eigenvalue weighted by Gasteiger charge is -2.09. The Balaban J connectivity index is 2.35. The normalized spacial score (nSPS) is 10.8. The topological polar surface area (TPSA) is 96.0 Å². The molecule has 0 heterocycles. The van der Waals surface area contributed by atoms with Gasteiger partial charge in [0.1, 0.15) is 5.82 Å². The Hall–Kier alpha value is -2.59. The standard InChI is InChI=1S/C13H10FN3O2S/c14-12-7-10(4-5-13(12)16)17-20(18,19)11-3-1-2-9(6-11)8-15/h1-7,17H,16H2. The predicted molar refractivity (Wildman–Crippen MR) is 72.8 cm³/mol. The van der Waals surface area contributed by atoms with Gasteiger partial charge in [-0.25, -0.2) is 12.8 Å². The summed E-state index contributed by atoms with van der Waals surface area (Å²) in [7, 11) is -3.88.